The van der Waals surface area contributed by atoms with Crippen molar-refractivity contribution >= 4 is 11.8 Å². The number of hydrogen-bond donors (Lipinski definition) is 2. The quantitative estimate of drug-likeness (QED) is 0.750. The highest BCUT2D eigenvalue weighted by atomic mass is 19.1. The highest BCUT2D eigenvalue weighted by molar-refractivity contribution is 5.79. The van der Waals surface area contributed by atoms with E-state index in [0.29, 0.717) is 18.0 Å². The molecule has 0 radical (unpaired) electrons. The zero-order valence-corrected chi connectivity index (χ0v) is 16.7. The van der Waals surface area contributed by atoms with E-state index in [-0.39, 0.29) is 36.0 Å². The number of amides is 2. The fourth-order valence-corrected chi connectivity index (χ4v) is 4.06. The normalized spacial score (nSPS) is 19.9. The third-order valence-corrected chi connectivity index (χ3v) is 5.58. The molecule has 6 heteroatoms. The van der Waals surface area contributed by atoms with Gasteiger partial charge in [-0.25, -0.2) is 4.39 Å². The zero-order valence-electron chi connectivity index (χ0n) is 16.7. The van der Waals surface area contributed by atoms with Gasteiger partial charge in [-0.3, -0.25) is 14.6 Å². The maximum absolute atomic E-state index is 13.4. The van der Waals surface area contributed by atoms with Crippen molar-refractivity contribution in [1.29, 1.82) is 0 Å². The maximum atomic E-state index is 13.4. The Hall–Kier alpha value is -2.76. The van der Waals surface area contributed by atoms with Crippen LogP contribution in [0.3, 0.4) is 0 Å². The molecule has 2 aromatic rings. The number of carbonyl (C=O) groups excluding carboxylic acids is 2. The van der Waals surface area contributed by atoms with Gasteiger partial charge < -0.3 is 10.6 Å². The molecule has 0 bridgehead atoms. The van der Waals surface area contributed by atoms with Gasteiger partial charge in [-0.05, 0) is 67.3 Å². The molecular weight excluding hydrogens is 369 g/mol. The van der Waals surface area contributed by atoms with Gasteiger partial charge in [-0.2, -0.15) is 0 Å². The fraction of sp³-hybridized carbons (Fsp3) is 0.435. The highest BCUT2D eigenvalue weighted by Crippen LogP contribution is 2.36. The Kier molecular flexibility index (Phi) is 7.33. The summed E-state index contributed by atoms with van der Waals surface area (Å²) in [4.78, 5) is 28.3. The van der Waals surface area contributed by atoms with Gasteiger partial charge in [-0.1, -0.05) is 18.2 Å². The Morgan fingerprint density at radius 2 is 1.93 bits per heavy atom. The molecule has 154 valence electrons. The van der Waals surface area contributed by atoms with Crippen LogP contribution >= 0.6 is 0 Å². The minimum absolute atomic E-state index is 0.00287. The average molecular weight is 397 g/mol. The molecule has 1 aliphatic rings. The molecule has 2 N–H and O–H groups in total. The Morgan fingerprint density at radius 3 is 2.59 bits per heavy atom. The SMILES string of the molecule is CC(=O)NCC1CCC([C@@H](NC(=O)Cc2cccc(F)c2)c2ccccn2)CC1. The van der Waals surface area contributed by atoms with Crippen molar-refractivity contribution in [3.05, 3.63) is 65.7 Å². The Labute approximate surface area is 171 Å². The Morgan fingerprint density at radius 1 is 1.14 bits per heavy atom. The molecule has 2 amide bonds. The number of pyridine rings is 1. The Bertz CT molecular complexity index is 820. The molecule has 5 nitrogen and oxygen atoms in total. The second kappa shape index (κ2) is 10.1. The van der Waals surface area contributed by atoms with Crippen LogP contribution in [0.15, 0.2) is 48.7 Å². The summed E-state index contributed by atoms with van der Waals surface area (Å²) in [5, 5.41) is 6.05. The second-order valence-corrected chi connectivity index (χ2v) is 7.82. The monoisotopic (exact) mass is 397 g/mol. The number of hydrogen-bond acceptors (Lipinski definition) is 3. The summed E-state index contributed by atoms with van der Waals surface area (Å²) in [6.45, 7) is 2.25. The van der Waals surface area contributed by atoms with Gasteiger partial charge in [0.25, 0.3) is 0 Å². The minimum atomic E-state index is -0.339. The van der Waals surface area contributed by atoms with Crippen molar-refractivity contribution in [1.82, 2.24) is 15.6 Å². The molecule has 29 heavy (non-hydrogen) atoms. The maximum Gasteiger partial charge on any atom is 0.224 e. The largest absolute Gasteiger partial charge is 0.356 e. The van der Waals surface area contributed by atoms with Crippen molar-refractivity contribution in [2.24, 2.45) is 11.8 Å². The fourth-order valence-electron chi connectivity index (χ4n) is 4.06. The van der Waals surface area contributed by atoms with Crippen molar-refractivity contribution in [3.8, 4) is 0 Å². The van der Waals surface area contributed by atoms with E-state index in [2.05, 4.69) is 15.6 Å². The first-order valence-electron chi connectivity index (χ1n) is 10.2. The first kappa shape index (κ1) is 21.0. The molecule has 0 spiro atoms. The van der Waals surface area contributed by atoms with E-state index in [4.69, 9.17) is 0 Å². The predicted octanol–water partition coefficient (Wildman–Crippen LogP) is 3.56. The van der Waals surface area contributed by atoms with Gasteiger partial charge in [-0.15, -0.1) is 0 Å². The van der Waals surface area contributed by atoms with Crippen molar-refractivity contribution in [2.75, 3.05) is 6.54 Å². The highest BCUT2D eigenvalue weighted by Gasteiger charge is 2.30. The van der Waals surface area contributed by atoms with Crippen LogP contribution in [0.5, 0.6) is 0 Å². The van der Waals surface area contributed by atoms with Crippen molar-refractivity contribution in [3.63, 3.8) is 0 Å². The number of rotatable bonds is 7. The zero-order chi connectivity index (χ0) is 20.6. The third-order valence-electron chi connectivity index (χ3n) is 5.58. The van der Waals surface area contributed by atoms with Gasteiger partial charge in [0.15, 0.2) is 0 Å². The van der Waals surface area contributed by atoms with Gasteiger partial charge in [0, 0.05) is 19.7 Å². The third kappa shape index (κ3) is 6.38. The van der Waals surface area contributed by atoms with Crippen LogP contribution in [0.4, 0.5) is 4.39 Å². The molecule has 1 aliphatic carbocycles. The topological polar surface area (TPSA) is 71.1 Å². The van der Waals surface area contributed by atoms with Crippen LogP contribution in [0.25, 0.3) is 0 Å². The standard InChI is InChI=1S/C23H28FN3O2/c1-16(28)26-15-17-8-10-19(11-9-17)23(21-7-2-3-12-25-21)27-22(29)14-18-5-4-6-20(24)13-18/h2-7,12-13,17,19,23H,8-11,14-15H2,1H3,(H,26,28)(H,27,29)/t17?,19?,23-/m1/s1. The van der Waals surface area contributed by atoms with Crippen molar-refractivity contribution in [2.45, 2.75) is 45.1 Å². The molecule has 1 aromatic carbocycles. The first-order valence-corrected chi connectivity index (χ1v) is 10.2. The van der Waals surface area contributed by atoms with Gasteiger partial charge in [0.1, 0.15) is 5.82 Å². The molecule has 0 unspecified atom stereocenters. The van der Waals surface area contributed by atoms with Crippen molar-refractivity contribution < 1.29 is 14.0 Å². The van der Waals surface area contributed by atoms with Crippen LogP contribution in [-0.4, -0.2) is 23.3 Å². The van der Waals surface area contributed by atoms with Crippen LogP contribution in [-0.2, 0) is 16.0 Å². The lowest BCUT2D eigenvalue weighted by Gasteiger charge is -2.34. The molecular formula is C23H28FN3O2. The summed E-state index contributed by atoms with van der Waals surface area (Å²) in [6, 6.07) is 11.7. The average Bonchev–Trinajstić information content (AvgIpc) is 2.71. The molecule has 0 saturated heterocycles. The van der Waals surface area contributed by atoms with E-state index in [1.807, 2.05) is 18.2 Å². The number of benzene rings is 1. The molecule has 1 atom stereocenters. The van der Waals surface area contributed by atoms with Gasteiger partial charge in [0.05, 0.1) is 18.2 Å². The molecule has 3 rings (SSSR count). The smallest absolute Gasteiger partial charge is 0.224 e. The minimum Gasteiger partial charge on any atom is -0.356 e. The molecule has 1 heterocycles. The number of nitrogens with zero attached hydrogens (tertiary/aromatic N) is 1. The van der Waals surface area contributed by atoms with Crippen LogP contribution in [0.2, 0.25) is 0 Å². The second-order valence-electron chi connectivity index (χ2n) is 7.82. The van der Waals surface area contributed by atoms with Crippen LogP contribution in [0.1, 0.15) is 49.9 Å². The summed E-state index contributed by atoms with van der Waals surface area (Å²) in [7, 11) is 0. The van der Waals surface area contributed by atoms with Gasteiger partial charge in [0.2, 0.25) is 11.8 Å². The van der Waals surface area contributed by atoms with E-state index >= 15 is 0 Å². The lowest BCUT2D eigenvalue weighted by atomic mass is 9.77. The molecule has 1 aromatic heterocycles. The Balaban J connectivity index is 1.64. The predicted molar refractivity (Wildman–Crippen MR) is 109 cm³/mol. The summed E-state index contributed by atoms with van der Waals surface area (Å²) >= 11 is 0. The first-order chi connectivity index (χ1) is 14.0. The number of halogens is 1. The molecule has 0 aliphatic heterocycles. The van der Waals surface area contributed by atoms with Crippen LogP contribution in [0, 0.1) is 17.7 Å². The summed E-state index contributed by atoms with van der Waals surface area (Å²) in [5.74, 6) is 0.293. The number of aromatic nitrogens is 1. The van der Waals surface area contributed by atoms with E-state index in [0.717, 1.165) is 31.4 Å². The lowest BCUT2D eigenvalue weighted by molar-refractivity contribution is -0.122. The van der Waals surface area contributed by atoms with E-state index in [1.54, 1.807) is 18.3 Å². The number of nitrogens with one attached hydrogen (secondary N) is 2. The summed E-state index contributed by atoms with van der Waals surface area (Å²) < 4.78 is 13.4. The number of carbonyl (C=O) groups is 2. The summed E-state index contributed by atoms with van der Waals surface area (Å²) in [5.41, 5.74) is 1.51. The molecule has 1 fully saturated rings. The summed E-state index contributed by atoms with van der Waals surface area (Å²) in [6.07, 6.45) is 5.82. The lowest BCUT2D eigenvalue weighted by Crippen LogP contribution is -2.37. The molecule has 1 saturated carbocycles. The van der Waals surface area contributed by atoms with Crippen LogP contribution < -0.4 is 10.6 Å². The van der Waals surface area contributed by atoms with E-state index < -0.39 is 0 Å². The van der Waals surface area contributed by atoms with Gasteiger partial charge >= 0.3 is 0 Å². The van der Waals surface area contributed by atoms with E-state index in [1.165, 1.54) is 19.1 Å². The van der Waals surface area contributed by atoms with E-state index in [9.17, 15) is 14.0 Å².